The summed E-state index contributed by atoms with van der Waals surface area (Å²) in [5.41, 5.74) is 0.556. The number of hydrogen-bond donors (Lipinski definition) is 3. The van der Waals surface area contributed by atoms with E-state index in [1.54, 1.807) is 0 Å². The maximum absolute atomic E-state index is 13.3. The molecule has 35 heavy (non-hydrogen) atoms. The molecule has 1 aliphatic rings. The van der Waals surface area contributed by atoms with Crippen molar-refractivity contribution in [3.05, 3.63) is 18.1 Å². The number of amides is 1. The largest absolute Gasteiger partial charge is 0.387 e. The van der Waals surface area contributed by atoms with Crippen LogP contribution in [-0.4, -0.2) is 68.5 Å². The highest BCUT2D eigenvalue weighted by molar-refractivity contribution is 6.12. The first-order valence-electron chi connectivity index (χ1n) is 12.0. The van der Waals surface area contributed by atoms with Crippen molar-refractivity contribution in [3.63, 3.8) is 0 Å². The van der Waals surface area contributed by atoms with Gasteiger partial charge in [-0.25, -0.2) is 9.97 Å². The van der Waals surface area contributed by atoms with Crippen molar-refractivity contribution >= 4 is 28.5 Å². The minimum absolute atomic E-state index is 0.0404. The number of aliphatic hydroxyl groups excluding tert-OH is 2. The molecule has 0 aliphatic carbocycles. The molecule has 0 saturated carbocycles. The van der Waals surface area contributed by atoms with Gasteiger partial charge >= 0.3 is 0 Å². The molecule has 2 aromatic rings. The molecule has 3 rings (SSSR count). The van der Waals surface area contributed by atoms with Crippen LogP contribution in [0.15, 0.2) is 12.5 Å². The summed E-state index contributed by atoms with van der Waals surface area (Å²) in [5, 5.41) is 24.3. The SMILES string of the molecule is COC[C@H]1O[C@@H](n2cc(C(C)=O)c3c(NC(=O)C(CC(C)C)CC(C)(C)C)ncnc32)[C@@H](O)C1O. The van der Waals surface area contributed by atoms with Crippen molar-refractivity contribution in [2.45, 2.75) is 78.9 Å². The van der Waals surface area contributed by atoms with Crippen molar-refractivity contribution in [2.24, 2.45) is 17.3 Å². The summed E-state index contributed by atoms with van der Waals surface area (Å²) in [5.74, 6) is -0.0849. The number of anilines is 1. The molecular weight excluding hydrogens is 452 g/mol. The third-order valence-electron chi connectivity index (χ3n) is 6.16. The highest BCUT2D eigenvalue weighted by Gasteiger charge is 2.44. The second-order valence-electron chi connectivity index (χ2n) is 11.0. The number of aliphatic hydroxyl groups is 2. The zero-order valence-electron chi connectivity index (χ0n) is 21.6. The Bertz CT molecular complexity index is 1060. The molecule has 0 spiro atoms. The summed E-state index contributed by atoms with van der Waals surface area (Å²) in [6.07, 6.45) is 0.0694. The minimum atomic E-state index is -1.26. The van der Waals surface area contributed by atoms with Gasteiger partial charge in [0.1, 0.15) is 36.1 Å². The molecule has 1 fully saturated rings. The van der Waals surface area contributed by atoms with Crippen molar-refractivity contribution in [3.8, 4) is 0 Å². The molecule has 0 bridgehead atoms. The summed E-state index contributed by atoms with van der Waals surface area (Å²) in [4.78, 5) is 34.5. The molecular formula is C25H38N4O6. The number of nitrogens with zero attached hydrogens (tertiary/aromatic N) is 3. The number of Topliss-reactive ketones (excluding diaryl/α,β-unsaturated/α-hetero) is 1. The maximum Gasteiger partial charge on any atom is 0.228 e. The minimum Gasteiger partial charge on any atom is -0.387 e. The first-order chi connectivity index (χ1) is 16.3. The molecule has 2 aromatic heterocycles. The highest BCUT2D eigenvalue weighted by Crippen LogP contribution is 2.36. The van der Waals surface area contributed by atoms with E-state index in [1.165, 1.54) is 31.1 Å². The van der Waals surface area contributed by atoms with Crippen LogP contribution in [0.5, 0.6) is 0 Å². The van der Waals surface area contributed by atoms with Crippen LogP contribution < -0.4 is 5.32 Å². The summed E-state index contributed by atoms with van der Waals surface area (Å²) < 4.78 is 12.4. The van der Waals surface area contributed by atoms with E-state index >= 15 is 0 Å². The van der Waals surface area contributed by atoms with Crippen molar-refractivity contribution in [1.82, 2.24) is 14.5 Å². The molecule has 1 amide bonds. The van der Waals surface area contributed by atoms with Crippen LogP contribution in [0.1, 0.15) is 71.0 Å². The van der Waals surface area contributed by atoms with E-state index in [2.05, 4.69) is 49.9 Å². The zero-order chi connectivity index (χ0) is 26.1. The van der Waals surface area contributed by atoms with E-state index in [-0.39, 0.29) is 41.0 Å². The Hall–Kier alpha value is -2.40. The van der Waals surface area contributed by atoms with E-state index in [0.717, 1.165) is 6.42 Å². The van der Waals surface area contributed by atoms with Crippen LogP contribution in [0.3, 0.4) is 0 Å². The summed E-state index contributed by atoms with van der Waals surface area (Å²) in [7, 11) is 1.48. The van der Waals surface area contributed by atoms with Gasteiger partial charge in [-0.05, 0) is 31.1 Å². The lowest BCUT2D eigenvalue weighted by Crippen LogP contribution is -2.33. The molecule has 3 heterocycles. The number of ether oxygens (including phenoxy) is 2. The predicted molar refractivity (Wildman–Crippen MR) is 131 cm³/mol. The van der Waals surface area contributed by atoms with Crippen molar-refractivity contribution in [1.29, 1.82) is 0 Å². The second-order valence-corrected chi connectivity index (χ2v) is 11.0. The first-order valence-corrected chi connectivity index (χ1v) is 12.0. The van der Waals surface area contributed by atoms with E-state index in [4.69, 9.17) is 9.47 Å². The fourth-order valence-electron chi connectivity index (χ4n) is 4.71. The van der Waals surface area contributed by atoms with E-state index < -0.39 is 24.5 Å². The van der Waals surface area contributed by atoms with Crippen LogP contribution in [0.2, 0.25) is 0 Å². The molecule has 10 heteroatoms. The quantitative estimate of drug-likeness (QED) is 0.457. The number of ketones is 1. The number of nitrogens with one attached hydrogen (secondary N) is 1. The van der Waals surface area contributed by atoms with Gasteiger partial charge in [-0.3, -0.25) is 9.59 Å². The third-order valence-corrected chi connectivity index (χ3v) is 6.16. The van der Waals surface area contributed by atoms with Gasteiger partial charge in [0.05, 0.1) is 12.0 Å². The van der Waals surface area contributed by atoms with Crippen LogP contribution in [-0.2, 0) is 14.3 Å². The number of hydrogen-bond acceptors (Lipinski definition) is 8. The lowest BCUT2D eigenvalue weighted by atomic mass is 9.80. The van der Waals surface area contributed by atoms with Gasteiger partial charge in [-0.1, -0.05) is 34.6 Å². The lowest BCUT2D eigenvalue weighted by Gasteiger charge is -2.26. The Morgan fingerprint density at radius 2 is 1.91 bits per heavy atom. The highest BCUT2D eigenvalue weighted by atomic mass is 16.6. The van der Waals surface area contributed by atoms with E-state index in [0.29, 0.717) is 23.4 Å². The number of rotatable bonds is 9. The number of fused-ring (bicyclic) bond motifs is 1. The molecule has 2 unspecified atom stereocenters. The van der Waals surface area contributed by atoms with Crippen LogP contribution in [0, 0.1) is 17.3 Å². The Morgan fingerprint density at radius 1 is 1.23 bits per heavy atom. The van der Waals surface area contributed by atoms with E-state index in [1.807, 2.05) is 0 Å². The maximum atomic E-state index is 13.3. The number of carbonyl (C=O) groups excluding carboxylic acids is 2. The Kier molecular flexibility index (Phi) is 8.31. The fourth-order valence-corrected chi connectivity index (χ4v) is 4.71. The molecule has 10 nitrogen and oxygen atoms in total. The summed E-state index contributed by atoms with van der Waals surface area (Å²) >= 11 is 0. The monoisotopic (exact) mass is 490 g/mol. The van der Waals surface area contributed by atoms with Gasteiger partial charge in [-0.2, -0.15) is 0 Å². The van der Waals surface area contributed by atoms with E-state index in [9.17, 15) is 19.8 Å². The van der Waals surface area contributed by atoms with Gasteiger partial charge in [0, 0.05) is 24.8 Å². The Labute approximate surface area is 206 Å². The molecule has 1 saturated heterocycles. The van der Waals surface area contributed by atoms with Crippen LogP contribution >= 0.6 is 0 Å². The van der Waals surface area contributed by atoms with Gasteiger partial charge in [0.25, 0.3) is 0 Å². The standard InChI is InChI=1S/C25H38N4O6/c1-13(2)8-15(9-25(4,5)6)23(33)28-21-18-16(14(3)30)10-29(22(18)27-12-26-21)24-20(32)19(31)17(35-24)11-34-7/h10,12-13,15,17,19-20,24,31-32H,8-9,11H2,1-7H3,(H,26,27,28,33)/t15?,17-,19?,20+,24-/m1/s1. The molecule has 0 aromatic carbocycles. The third kappa shape index (κ3) is 6.06. The first kappa shape index (κ1) is 27.2. The lowest BCUT2D eigenvalue weighted by molar-refractivity contribution is -0.121. The van der Waals surface area contributed by atoms with Gasteiger partial charge < -0.3 is 29.6 Å². The van der Waals surface area contributed by atoms with Crippen LogP contribution in [0.4, 0.5) is 5.82 Å². The molecule has 0 radical (unpaired) electrons. The zero-order valence-corrected chi connectivity index (χ0v) is 21.6. The summed E-state index contributed by atoms with van der Waals surface area (Å²) in [6, 6.07) is 0. The number of methoxy groups -OCH3 is 1. The summed E-state index contributed by atoms with van der Waals surface area (Å²) in [6.45, 7) is 12.0. The molecule has 194 valence electrons. The van der Waals surface area contributed by atoms with Crippen molar-refractivity contribution < 1.29 is 29.3 Å². The molecule has 3 N–H and O–H groups in total. The van der Waals surface area contributed by atoms with Gasteiger partial charge in [0.2, 0.25) is 5.91 Å². The van der Waals surface area contributed by atoms with Gasteiger partial charge in [-0.15, -0.1) is 0 Å². The average Bonchev–Trinajstić information content (AvgIpc) is 3.26. The smallest absolute Gasteiger partial charge is 0.228 e. The Morgan fingerprint density at radius 3 is 2.49 bits per heavy atom. The Balaban J connectivity index is 2.02. The average molecular weight is 491 g/mol. The normalized spacial score (nSPS) is 23.7. The second kappa shape index (κ2) is 10.7. The number of aromatic nitrogens is 3. The fraction of sp³-hybridized carbons (Fsp3) is 0.680. The topological polar surface area (TPSA) is 136 Å². The van der Waals surface area contributed by atoms with Crippen LogP contribution in [0.25, 0.3) is 11.0 Å². The number of carbonyl (C=O) groups is 2. The van der Waals surface area contributed by atoms with Crippen molar-refractivity contribution in [2.75, 3.05) is 19.0 Å². The molecule has 1 aliphatic heterocycles. The van der Waals surface area contributed by atoms with Gasteiger partial charge in [0.15, 0.2) is 12.0 Å². The molecule has 5 atom stereocenters. The predicted octanol–water partition coefficient (Wildman–Crippen LogP) is 2.94.